The Morgan fingerprint density at radius 1 is 1.12 bits per heavy atom. The van der Waals surface area contributed by atoms with Gasteiger partial charge in [0.05, 0.1) is 41.7 Å². The molecule has 168 valence electrons. The number of amides is 1. The van der Waals surface area contributed by atoms with Gasteiger partial charge in [-0.15, -0.1) is 0 Å². The first-order valence-electron chi connectivity index (χ1n) is 10.7. The van der Waals surface area contributed by atoms with Gasteiger partial charge in [0.15, 0.2) is 5.13 Å². The Bertz CT molecular complexity index is 1140. The maximum atomic E-state index is 13.7. The van der Waals surface area contributed by atoms with Gasteiger partial charge in [-0.3, -0.25) is 14.6 Å². The Morgan fingerprint density at radius 3 is 2.56 bits per heavy atom. The van der Waals surface area contributed by atoms with Gasteiger partial charge >= 0.3 is 5.97 Å². The number of aromatic nitrogens is 1. The summed E-state index contributed by atoms with van der Waals surface area (Å²) in [6.07, 6.45) is 0. The zero-order valence-electron chi connectivity index (χ0n) is 18.6. The summed E-state index contributed by atoms with van der Waals surface area (Å²) in [5, 5.41) is 0.631. The molecule has 0 N–H and O–H groups in total. The summed E-state index contributed by atoms with van der Waals surface area (Å²) in [6, 6.07) is 10.9. The monoisotopic (exact) mass is 453 g/mol. The van der Waals surface area contributed by atoms with Gasteiger partial charge in [-0.25, -0.2) is 9.78 Å². The summed E-state index contributed by atoms with van der Waals surface area (Å²) >= 11 is 1.49. The number of thiazole rings is 1. The van der Waals surface area contributed by atoms with Crippen molar-refractivity contribution in [1.82, 2.24) is 9.88 Å². The van der Waals surface area contributed by atoms with E-state index in [4.69, 9.17) is 14.5 Å². The summed E-state index contributed by atoms with van der Waals surface area (Å²) in [4.78, 5) is 34.8. The number of rotatable bonds is 6. The van der Waals surface area contributed by atoms with E-state index in [0.29, 0.717) is 37.0 Å². The van der Waals surface area contributed by atoms with Crippen molar-refractivity contribution >= 4 is 38.6 Å². The van der Waals surface area contributed by atoms with Crippen LogP contribution in [0.1, 0.15) is 31.8 Å². The summed E-state index contributed by atoms with van der Waals surface area (Å²) in [5.41, 5.74) is 3.76. The topological polar surface area (TPSA) is 72.0 Å². The molecule has 1 saturated heterocycles. The highest BCUT2D eigenvalue weighted by molar-refractivity contribution is 7.22. The molecule has 0 aliphatic carbocycles. The first-order valence-corrected chi connectivity index (χ1v) is 11.5. The van der Waals surface area contributed by atoms with Crippen molar-refractivity contribution in [2.45, 2.75) is 13.8 Å². The highest BCUT2D eigenvalue weighted by Gasteiger charge is 2.26. The number of aryl methyl sites for hydroxylation is 2. The first-order chi connectivity index (χ1) is 15.5. The van der Waals surface area contributed by atoms with Crippen LogP contribution in [0.15, 0.2) is 36.4 Å². The van der Waals surface area contributed by atoms with E-state index >= 15 is 0 Å². The lowest BCUT2D eigenvalue weighted by atomic mass is 10.1. The van der Waals surface area contributed by atoms with Crippen LogP contribution in [0.2, 0.25) is 0 Å². The van der Waals surface area contributed by atoms with E-state index in [-0.39, 0.29) is 11.5 Å². The number of hydrogen-bond acceptors (Lipinski definition) is 7. The molecule has 4 rings (SSSR count). The number of ether oxygens (including phenoxy) is 2. The van der Waals surface area contributed by atoms with Crippen LogP contribution in [0.5, 0.6) is 0 Å². The number of benzene rings is 2. The second-order valence-corrected chi connectivity index (χ2v) is 8.81. The number of fused-ring (bicyclic) bond motifs is 1. The van der Waals surface area contributed by atoms with Crippen LogP contribution in [-0.4, -0.2) is 68.3 Å². The average Bonchev–Trinajstić information content (AvgIpc) is 3.26. The molecule has 8 heteroatoms. The SMILES string of the molecule is COC(=O)c1ccccc1C(=O)N(CCN1CCOCC1)c1nc2c(C)c(C)ccc2s1. The standard InChI is InChI=1S/C24H27N3O4S/c1-16-8-9-20-21(17(16)2)25-24(32-20)27(11-10-26-12-14-31-15-13-26)22(28)18-6-4-5-7-19(18)23(29)30-3/h4-9H,10-15H2,1-3H3. The van der Waals surface area contributed by atoms with Crippen LogP contribution in [0.25, 0.3) is 10.2 Å². The number of morpholine rings is 1. The molecule has 3 aromatic rings. The zero-order chi connectivity index (χ0) is 22.7. The predicted octanol–water partition coefficient (Wildman–Crippen LogP) is 3.68. The van der Waals surface area contributed by atoms with Gasteiger partial charge in [0, 0.05) is 26.2 Å². The van der Waals surface area contributed by atoms with Crippen molar-refractivity contribution in [1.29, 1.82) is 0 Å². The van der Waals surface area contributed by atoms with E-state index < -0.39 is 5.97 Å². The van der Waals surface area contributed by atoms with Gasteiger partial charge in [0.1, 0.15) is 0 Å². The van der Waals surface area contributed by atoms with Crippen molar-refractivity contribution in [3.63, 3.8) is 0 Å². The van der Waals surface area contributed by atoms with E-state index in [1.54, 1.807) is 29.2 Å². The van der Waals surface area contributed by atoms with Crippen molar-refractivity contribution < 1.29 is 19.1 Å². The summed E-state index contributed by atoms with van der Waals surface area (Å²) in [7, 11) is 1.32. The molecule has 1 amide bonds. The van der Waals surface area contributed by atoms with Gasteiger partial charge in [0.25, 0.3) is 5.91 Å². The fourth-order valence-corrected chi connectivity index (χ4v) is 4.83. The number of nitrogens with zero attached hydrogens (tertiary/aromatic N) is 3. The van der Waals surface area contributed by atoms with Crippen LogP contribution in [0, 0.1) is 13.8 Å². The third-order valence-electron chi connectivity index (χ3n) is 5.86. The molecule has 0 bridgehead atoms. The van der Waals surface area contributed by atoms with Crippen molar-refractivity contribution in [3.05, 3.63) is 58.7 Å². The molecule has 1 aromatic heterocycles. The van der Waals surface area contributed by atoms with Crippen molar-refractivity contribution in [2.24, 2.45) is 0 Å². The number of anilines is 1. The first kappa shape index (κ1) is 22.4. The summed E-state index contributed by atoms with van der Waals surface area (Å²) in [5.74, 6) is -0.787. The molecule has 32 heavy (non-hydrogen) atoms. The molecule has 0 atom stereocenters. The van der Waals surface area contributed by atoms with Crippen LogP contribution in [-0.2, 0) is 9.47 Å². The van der Waals surface area contributed by atoms with E-state index in [9.17, 15) is 9.59 Å². The van der Waals surface area contributed by atoms with Crippen LogP contribution < -0.4 is 4.90 Å². The lowest BCUT2D eigenvalue weighted by Crippen LogP contribution is -2.43. The summed E-state index contributed by atoms with van der Waals surface area (Å²) < 4.78 is 11.4. The van der Waals surface area contributed by atoms with Crippen LogP contribution in [0.3, 0.4) is 0 Å². The van der Waals surface area contributed by atoms with Crippen LogP contribution >= 0.6 is 11.3 Å². The number of methoxy groups -OCH3 is 1. The fraction of sp³-hybridized carbons (Fsp3) is 0.375. The molecule has 1 aliphatic rings. The Morgan fingerprint density at radius 2 is 1.84 bits per heavy atom. The Kier molecular flexibility index (Phi) is 6.83. The lowest BCUT2D eigenvalue weighted by molar-refractivity contribution is 0.0390. The Balaban J connectivity index is 1.72. The number of hydrogen-bond donors (Lipinski definition) is 0. The third-order valence-corrected chi connectivity index (χ3v) is 6.90. The molecule has 0 saturated carbocycles. The van der Waals surface area contributed by atoms with Crippen molar-refractivity contribution in [3.8, 4) is 0 Å². The van der Waals surface area contributed by atoms with Gasteiger partial charge in [-0.1, -0.05) is 29.5 Å². The van der Waals surface area contributed by atoms with Gasteiger partial charge in [0.2, 0.25) is 0 Å². The molecule has 2 heterocycles. The van der Waals surface area contributed by atoms with E-state index in [1.807, 2.05) is 13.0 Å². The minimum atomic E-state index is -0.530. The van der Waals surface area contributed by atoms with Gasteiger partial charge < -0.3 is 9.47 Å². The highest BCUT2D eigenvalue weighted by atomic mass is 32.1. The predicted molar refractivity (Wildman–Crippen MR) is 126 cm³/mol. The minimum absolute atomic E-state index is 0.254. The minimum Gasteiger partial charge on any atom is -0.465 e. The normalized spacial score (nSPS) is 14.5. The second kappa shape index (κ2) is 9.77. The smallest absolute Gasteiger partial charge is 0.338 e. The van der Waals surface area contributed by atoms with Crippen molar-refractivity contribution in [2.75, 3.05) is 51.4 Å². The molecule has 0 radical (unpaired) electrons. The lowest BCUT2D eigenvalue weighted by Gasteiger charge is -2.29. The van der Waals surface area contributed by atoms with Gasteiger partial charge in [-0.05, 0) is 43.2 Å². The number of esters is 1. The number of carbonyl (C=O) groups is 2. The Hall–Kier alpha value is -2.81. The van der Waals surface area contributed by atoms with E-state index in [1.165, 1.54) is 18.4 Å². The van der Waals surface area contributed by atoms with Crippen LogP contribution in [0.4, 0.5) is 5.13 Å². The molecule has 2 aromatic carbocycles. The Labute approximate surface area is 191 Å². The molecule has 1 fully saturated rings. The van der Waals surface area contributed by atoms with E-state index in [0.717, 1.165) is 34.4 Å². The maximum absolute atomic E-state index is 13.7. The van der Waals surface area contributed by atoms with E-state index in [2.05, 4.69) is 17.9 Å². The zero-order valence-corrected chi connectivity index (χ0v) is 19.4. The quantitative estimate of drug-likeness (QED) is 0.530. The largest absolute Gasteiger partial charge is 0.465 e. The maximum Gasteiger partial charge on any atom is 0.338 e. The molecule has 0 spiro atoms. The molecular formula is C24H27N3O4S. The average molecular weight is 454 g/mol. The molecular weight excluding hydrogens is 426 g/mol. The summed E-state index contributed by atoms with van der Waals surface area (Å²) in [6.45, 7) is 8.32. The molecule has 1 aliphatic heterocycles. The molecule has 7 nitrogen and oxygen atoms in total. The second-order valence-electron chi connectivity index (χ2n) is 7.80. The highest BCUT2D eigenvalue weighted by Crippen LogP contribution is 2.33. The molecule has 0 unspecified atom stereocenters. The fourth-order valence-electron chi connectivity index (χ4n) is 3.78. The van der Waals surface area contributed by atoms with Gasteiger partial charge in [-0.2, -0.15) is 0 Å². The number of carbonyl (C=O) groups excluding carboxylic acids is 2. The third kappa shape index (κ3) is 4.53.